The smallest absolute Gasteiger partial charge is 0.0249 e. The van der Waals surface area contributed by atoms with Crippen molar-refractivity contribution < 1.29 is 0 Å². The van der Waals surface area contributed by atoms with Crippen molar-refractivity contribution in [1.29, 1.82) is 0 Å². The Hall–Kier alpha value is -2.26. The van der Waals surface area contributed by atoms with Gasteiger partial charge >= 0.3 is 0 Å². The van der Waals surface area contributed by atoms with Crippen molar-refractivity contribution in [3.63, 3.8) is 0 Å². The SMILES string of the molecule is C=C(CC(C)Cc1ccc(C#Cc2ccc(CCC)cc2)cc1)C1CC(CC)C1. The molecule has 1 unspecified atom stereocenters. The van der Waals surface area contributed by atoms with E-state index in [0.717, 1.165) is 42.2 Å². The Morgan fingerprint density at radius 3 is 2.00 bits per heavy atom. The van der Waals surface area contributed by atoms with Gasteiger partial charge in [0.15, 0.2) is 0 Å². The van der Waals surface area contributed by atoms with Crippen LogP contribution in [-0.4, -0.2) is 0 Å². The van der Waals surface area contributed by atoms with Gasteiger partial charge in [-0.15, -0.1) is 0 Å². The van der Waals surface area contributed by atoms with E-state index >= 15 is 0 Å². The van der Waals surface area contributed by atoms with Gasteiger partial charge in [0.25, 0.3) is 0 Å². The first-order valence-electron chi connectivity index (χ1n) is 11.4. The van der Waals surface area contributed by atoms with Crippen molar-refractivity contribution >= 4 is 0 Å². The number of hydrogen-bond acceptors (Lipinski definition) is 0. The lowest BCUT2D eigenvalue weighted by molar-refractivity contribution is 0.214. The van der Waals surface area contributed by atoms with Crippen LogP contribution >= 0.6 is 0 Å². The molecule has 0 heteroatoms. The van der Waals surface area contributed by atoms with Gasteiger partial charge in [0, 0.05) is 11.1 Å². The molecule has 3 rings (SSSR count). The zero-order valence-corrected chi connectivity index (χ0v) is 18.5. The number of rotatable bonds is 8. The first-order valence-corrected chi connectivity index (χ1v) is 11.4. The van der Waals surface area contributed by atoms with Crippen LogP contribution < -0.4 is 0 Å². The molecule has 1 aliphatic carbocycles. The van der Waals surface area contributed by atoms with Gasteiger partial charge in [-0.3, -0.25) is 0 Å². The highest BCUT2D eigenvalue weighted by Gasteiger charge is 2.29. The molecule has 0 bridgehead atoms. The molecule has 1 aliphatic rings. The van der Waals surface area contributed by atoms with Gasteiger partial charge in [-0.25, -0.2) is 0 Å². The van der Waals surface area contributed by atoms with Crippen LogP contribution in [0.4, 0.5) is 0 Å². The molecule has 0 aromatic heterocycles. The van der Waals surface area contributed by atoms with Crippen molar-refractivity contribution in [3.05, 3.63) is 82.9 Å². The van der Waals surface area contributed by atoms with Crippen LogP contribution in [0.2, 0.25) is 0 Å². The first-order chi connectivity index (χ1) is 14.1. The van der Waals surface area contributed by atoms with Crippen LogP contribution in [0.25, 0.3) is 0 Å². The standard InChI is InChI=1S/C29H36/c1-5-7-25-8-10-26(11-9-25)12-13-27-14-16-28(17-15-27)19-22(3)18-23(4)29-20-24(6-2)21-29/h8-11,14-17,22,24,29H,4-7,18-21H2,1-3H3. The molecule has 0 N–H and O–H groups in total. The second-order valence-electron chi connectivity index (χ2n) is 9.01. The third-order valence-electron chi connectivity index (χ3n) is 6.38. The van der Waals surface area contributed by atoms with Gasteiger partial charge in [-0.2, -0.15) is 0 Å². The number of aryl methyl sites for hydroxylation is 1. The number of allylic oxidation sites excluding steroid dienone is 1. The molecular formula is C29H36. The quantitative estimate of drug-likeness (QED) is 0.325. The number of benzene rings is 2. The van der Waals surface area contributed by atoms with Crippen molar-refractivity contribution in [1.82, 2.24) is 0 Å². The third kappa shape index (κ3) is 6.37. The predicted octanol–water partition coefficient (Wildman–Crippen LogP) is 7.60. The van der Waals surface area contributed by atoms with E-state index in [9.17, 15) is 0 Å². The van der Waals surface area contributed by atoms with Crippen LogP contribution in [0.3, 0.4) is 0 Å². The molecule has 2 aromatic carbocycles. The van der Waals surface area contributed by atoms with Crippen molar-refractivity contribution in [2.24, 2.45) is 17.8 Å². The Balaban J connectivity index is 1.49. The minimum Gasteiger partial charge on any atom is -0.0996 e. The van der Waals surface area contributed by atoms with Crippen LogP contribution in [0.15, 0.2) is 60.7 Å². The summed E-state index contributed by atoms with van der Waals surface area (Å²) in [4.78, 5) is 0. The van der Waals surface area contributed by atoms with Gasteiger partial charge in [0.1, 0.15) is 0 Å². The fraction of sp³-hybridized carbons (Fsp3) is 0.448. The average molecular weight is 385 g/mol. The van der Waals surface area contributed by atoms with E-state index in [2.05, 4.69) is 87.7 Å². The maximum atomic E-state index is 4.39. The van der Waals surface area contributed by atoms with Crippen molar-refractivity contribution in [3.8, 4) is 11.8 Å². The van der Waals surface area contributed by atoms with Crippen LogP contribution in [0, 0.1) is 29.6 Å². The molecule has 0 radical (unpaired) electrons. The van der Waals surface area contributed by atoms with Gasteiger partial charge < -0.3 is 0 Å². The Labute approximate surface area is 178 Å². The maximum Gasteiger partial charge on any atom is 0.0249 e. The summed E-state index contributed by atoms with van der Waals surface area (Å²) >= 11 is 0. The highest BCUT2D eigenvalue weighted by molar-refractivity contribution is 5.44. The predicted molar refractivity (Wildman–Crippen MR) is 126 cm³/mol. The summed E-state index contributed by atoms with van der Waals surface area (Å²) in [5.41, 5.74) is 6.45. The summed E-state index contributed by atoms with van der Waals surface area (Å²) in [6.45, 7) is 11.3. The highest BCUT2D eigenvalue weighted by atomic mass is 14.3. The second-order valence-corrected chi connectivity index (χ2v) is 9.01. The summed E-state index contributed by atoms with van der Waals surface area (Å²) in [5, 5.41) is 0. The lowest BCUT2D eigenvalue weighted by Crippen LogP contribution is -2.25. The van der Waals surface area contributed by atoms with Gasteiger partial charge in [0.05, 0.1) is 0 Å². The Morgan fingerprint density at radius 2 is 1.48 bits per heavy atom. The molecule has 0 spiro atoms. The molecule has 29 heavy (non-hydrogen) atoms. The first kappa shape index (κ1) is 21.4. The summed E-state index contributed by atoms with van der Waals surface area (Å²) in [6.07, 6.45) is 8.68. The molecule has 0 amide bonds. The minimum absolute atomic E-state index is 0.654. The van der Waals surface area contributed by atoms with E-state index < -0.39 is 0 Å². The molecule has 2 aromatic rings. The molecule has 0 aliphatic heterocycles. The summed E-state index contributed by atoms with van der Waals surface area (Å²) in [5.74, 6) is 8.99. The Morgan fingerprint density at radius 1 is 0.931 bits per heavy atom. The zero-order chi connectivity index (χ0) is 20.6. The molecule has 0 saturated heterocycles. The minimum atomic E-state index is 0.654. The second kappa shape index (κ2) is 10.5. The average Bonchev–Trinajstić information content (AvgIpc) is 2.68. The fourth-order valence-electron chi connectivity index (χ4n) is 4.40. The molecular weight excluding hydrogens is 348 g/mol. The molecule has 0 nitrogen and oxygen atoms in total. The van der Waals surface area contributed by atoms with E-state index in [4.69, 9.17) is 0 Å². The molecule has 1 atom stereocenters. The van der Waals surface area contributed by atoms with E-state index in [-0.39, 0.29) is 0 Å². The highest BCUT2D eigenvalue weighted by Crippen LogP contribution is 2.41. The third-order valence-corrected chi connectivity index (χ3v) is 6.38. The monoisotopic (exact) mass is 384 g/mol. The van der Waals surface area contributed by atoms with Crippen LogP contribution in [0.1, 0.15) is 75.1 Å². The lowest BCUT2D eigenvalue weighted by atomic mass is 9.69. The van der Waals surface area contributed by atoms with E-state index in [0.29, 0.717) is 5.92 Å². The molecule has 1 saturated carbocycles. The summed E-state index contributed by atoms with van der Waals surface area (Å²) in [6, 6.07) is 17.4. The number of hydrogen-bond donors (Lipinski definition) is 0. The van der Waals surface area contributed by atoms with Gasteiger partial charge in [0.2, 0.25) is 0 Å². The van der Waals surface area contributed by atoms with Gasteiger partial charge in [-0.05, 0) is 85.3 Å². The van der Waals surface area contributed by atoms with Crippen molar-refractivity contribution in [2.75, 3.05) is 0 Å². The largest absolute Gasteiger partial charge is 0.0996 e. The van der Waals surface area contributed by atoms with E-state index in [1.165, 1.54) is 42.4 Å². The summed E-state index contributed by atoms with van der Waals surface area (Å²) < 4.78 is 0. The molecule has 152 valence electrons. The normalized spacial score (nSPS) is 19.0. The molecule has 0 heterocycles. The Bertz CT molecular complexity index is 836. The Kier molecular flexibility index (Phi) is 7.76. The van der Waals surface area contributed by atoms with E-state index in [1.54, 1.807) is 0 Å². The lowest BCUT2D eigenvalue weighted by Gasteiger charge is -2.37. The van der Waals surface area contributed by atoms with Gasteiger partial charge in [-0.1, -0.05) is 81.9 Å². The maximum absolute atomic E-state index is 4.39. The molecule has 1 fully saturated rings. The van der Waals surface area contributed by atoms with E-state index in [1.807, 2.05) is 0 Å². The fourth-order valence-corrected chi connectivity index (χ4v) is 4.40. The van der Waals surface area contributed by atoms with Crippen LogP contribution in [-0.2, 0) is 12.8 Å². The zero-order valence-electron chi connectivity index (χ0n) is 18.5. The van der Waals surface area contributed by atoms with Crippen LogP contribution in [0.5, 0.6) is 0 Å². The summed E-state index contributed by atoms with van der Waals surface area (Å²) in [7, 11) is 0. The van der Waals surface area contributed by atoms with Crippen molar-refractivity contribution in [2.45, 2.75) is 65.7 Å². The topological polar surface area (TPSA) is 0 Å².